The third-order valence-electron chi connectivity index (χ3n) is 7.01. The predicted molar refractivity (Wildman–Crippen MR) is 125 cm³/mol. The van der Waals surface area contributed by atoms with Crippen LogP contribution in [0.3, 0.4) is 0 Å². The number of benzene rings is 1. The molecule has 0 saturated carbocycles. The summed E-state index contributed by atoms with van der Waals surface area (Å²) >= 11 is 0. The van der Waals surface area contributed by atoms with Gasteiger partial charge in [0.05, 0.1) is 11.1 Å². The molecule has 2 aliphatic heterocycles. The highest BCUT2D eigenvalue weighted by Crippen LogP contribution is 2.39. The van der Waals surface area contributed by atoms with E-state index in [1.165, 1.54) is 0 Å². The van der Waals surface area contributed by atoms with E-state index in [0.29, 0.717) is 36.8 Å². The molecule has 8 nitrogen and oxygen atoms in total. The molecule has 0 aromatic heterocycles. The molecule has 0 unspecified atom stereocenters. The molecule has 3 rings (SSSR count). The summed E-state index contributed by atoms with van der Waals surface area (Å²) in [5.74, 6) is -0.968. The SMILES string of the molecule is CC1(C)CC(OC(=O)c2ccc(C(=O)OC3CC(C)(C)N([O])C(C)(C)C3)cc2)CC(C)(C)N1[O]. The number of hydroxylamine groups is 4. The first-order valence-corrected chi connectivity index (χ1v) is 11.9. The fourth-order valence-corrected chi connectivity index (χ4v) is 5.69. The summed E-state index contributed by atoms with van der Waals surface area (Å²) in [6.07, 6.45) is 1.06. The Balaban J connectivity index is 1.62. The molecule has 2 radical (unpaired) electrons. The van der Waals surface area contributed by atoms with Gasteiger partial charge in [-0.15, -0.1) is 20.5 Å². The van der Waals surface area contributed by atoms with Crippen molar-refractivity contribution in [3.8, 4) is 0 Å². The number of piperidine rings is 2. The Kier molecular flexibility index (Phi) is 6.96. The molecule has 0 N–H and O–H groups in total. The molecule has 2 aliphatic rings. The zero-order valence-corrected chi connectivity index (χ0v) is 21.6. The Bertz CT molecular complexity index is 811. The van der Waals surface area contributed by atoms with Crippen LogP contribution < -0.4 is 0 Å². The van der Waals surface area contributed by atoms with E-state index in [1.807, 2.05) is 55.4 Å². The molecule has 1 aromatic rings. The number of carbonyl (C=O) groups excluding carboxylic acids is 2. The van der Waals surface area contributed by atoms with Gasteiger partial charge in [0.1, 0.15) is 12.2 Å². The maximum absolute atomic E-state index is 12.7. The van der Waals surface area contributed by atoms with Gasteiger partial charge >= 0.3 is 11.9 Å². The van der Waals surface area contributed by atoms with Gasteiger partial charge in [-0.25, -0.2) is 9.59 Å². The molecule has 0 aliphatic carbocycles. The van der Waals surface area contributed by atoms with Crippen molar-refractivity contribution in [3.05, 3.63) is 35.4 Å². The minimum Gasteiger partial charge on any atom is -0.459 e. The number of ether oxygens (including phenoxy) is 2. The number of nitrogens with zero attached hydrogens (tertiary/aromatic N) is 2. The Morgan fingerprint density at radius 2 is 0.853 bits per heavy atom. The maximum Gasteiger partial charge on any atom is 0.338 e. The van der Waals surface area contributed by atoms with Crippen molar-refractivity contribution in [1.82, 2.24) is 10.1 Å². The first kappa shape index (κ1) is 26.6. The van der Waals surface area contributed by atoms with Crippen molar-refractivity contribution < 1.29 is 29.5 Å². The molecule has 1 aromatic carbocycles. The van der Waals surface area contributed by atoms with Crippen molar-refractivity contribution in [3.63, 3.8) is 0 Å². The predicted octanol–water partition coefficient (Wildman–Crippen LogP) is 4.73. The summed E-state index contributed by atoms with van der Waals surface area (Å²) in [5, 5.41) is 27.2. The van der Waals surface area contributed by atoms with Crippen molar-refractivity contribution in [2.75, 3.05) is 0 Å². The average molecular weight is 475 g/mol. The lowest BCUT2D eigenvalue weighted by atomic mass is 9.80. The quantitative estimate of drug-likeness (QED) is 0.585. The van der Waals surface area contributed by atoms with Crippen LogP contribution in [-0.2, 0) is 19.9 Å². The molecule has 188 valence electrons. The lowest BCUT2D eigenvalue weighted by Gasteiger charge is -2.49. The largest absolute Gasteiger partial charge is 0.459 e. The van der Waals surface area contributed by atoms with Gasteiger partial charge in [-0.3, -0.25) is 0 Å². The van der Waals surface area contributed by atoms with Crippen molar-refractivity contribution in [2.45, 2.75) is 115 Å². The molecule has 2 saturated heterocycles. The van der Waals surface area contributed by atoms with Gasteiger partial charge in [0.25, 0.3) is 0 Å². The molecule has 0 bridgehead atoms. The molecule has 2 heterocycles. The molecule has 0 amide bonds. The van der Waals surface area contributed by atoms with Crippen LogP contribution >= 0.6 is 0 Å². The topological polar surface area (TPSA) is 98.9 Å². The van der Waals surface area contributed by atoms with Gasteiger partial charge in [-0.2, -0.15) is 0 Å². The molecular weight excluding hydrogens is 436 g/mol. The van der Waals surface area contributed by atoms with Gasteiger partial charge < -0.3 is 9.47 Å². The second-order valence-corrected chi connectivity index (χ2v) is 12.3. The molecule has 0 spiro atoms. The van der Waals surface area contributed by atoms with Crippen LogP contribution in [0.4, 0.5) is 0 Å². The summed E-state index contributed by atoms with van der Waals surface area (Å²) in [4.78, 5) is 25.4. The maximum atomic E-state index is 12.7. The molecule has 8 heteroatoms. The first-order valence-electron chi connectivity index (χ1n) is 11.9. The van der Waals surface area contributed by atoms with Crippen molar-refractivity contribution in [1.29, 1.82) is 0 Å². The zero-order chi connectivity index (χ0) is 25.7. The number of hydrogen-bond donors (Lipinski definition) is 0. The van der Waals surface area contributed by atoms with Crippen LogP contribution in [0.2, 0.25) is 0 Å². The Labute approximate surface area is 202 Å². The minimum atomic E-state index is -0.633. The summed E-state index contributed by atoms with van der Waals surface area (Å²) in [6, 6.07) is 6.19. The second kappa shape index (κ2) is 8.90. The normalized spacial score (nSPS) is 25.0. The Morgan fingerprint density at radius 3 is 1.09 bits per heavy atom. The van der Waals surface area contributed by atoms with Gasteiger partial charge in [0.15, 0.2) is 0 Å². The van der Waals surface area contributed by atoms with Crippen LogP contribution in [-0.4, -0.2) is 56.4 Å². The number of esters is 2. The van der Waals surface area contributed by atoms with E-state index in [2.05, 4.69) is 0 Å². The average Bonchev–Trinajstić information content (AvgIpc) is 2.69. The van der Waals surface area contributed by atoms with E-state index in [9.17, 15) is 20.0 Å². The molecule has 2 fully saturated rings. The second-order valence-electron chi connectivity index (χ2n) is 12.3. The highest BCUT2D eigenvalue weighted by Gasteiger charge is 2.48. The van der Waals surface area contributed by atoms with E-state index in [4.69, 9.17) is 9.47 Å². The van der Waals surface area contributed by atoms with E-state index in [1.54, 1.807) is 24.3 Å². The third kappa shape index (κ3) is 5.46. The van der Waals surface area contributed by atoms with Crippen molar-refractivity contribution >= 4 is 11.9 Å². The van der Waals surface area contributed by atoms with Crippen LogP contribution in [0.5, 0.6) is 0 Å². The van der Waals surface area contributed by atoms with Crippen LogP contribution in [0.1, 0.15) is 102 Å². The number of hydrogen-bond acceptors (Lipinski definition) is 6. The monoisotopic (exact) mass is 474 g/mol. The van der Waals surface area contributed by atoms with Crippen molar-refractivity contribution in [2.24, 2.45) is 0 Å². The number of rotatable bonds is 4. The fourth-order valence-electron chi connectivity index (χ4n) is 5.69. The third-order valence-corrected chi connectivity index (χ3v) is 7.01. The fraction of sp³-hybridized carbons (Fsp3) is 0.692. The van der Waals surface area contributed by atoms with Gasteiger partial charge in [-0.05, 0) is 79.7 Å². The Hall–Kier alpha value is -2.00. The van der Waals surface area contributed by atoms with Crippen LogP contribution in [0.15, 0.2) is 24.3 Å². The molecule has 34 heavy (non-hydrogen) atoms. The van der Waals surface area contributed by atoms with Gasteiger partial charge in [0, 0.05) is 47.8 Å². The van der Waals surface area contributed by atoms with E-state index < -0.39 is 34.1 Å². The lowest BCUT2D eigenvalue weighted by molar-refractivity contribution is -0.298. The highest BCUT2D eigenvalue weighted by atomic mass is 16.6. The van der Waals surface area contributed by atoms with Crippen LogP contribution in [0.25, 0.3) is 0 Å². The molecular formula is C26H38N2O6. The smallest absolute Gasteiger partial charge is 0.338 e. The van der Waals surface area contributed by atoms with Gasteiger partial charge in [0.2, 0.25) is 0 Å². The van der Waals surface area contributed by atoms with Gasteiger partial charge in [-0.1, -0.05) is 0 Å². The minimum absolute atomic E-state index is 0.332. The summed E-state index contributed by atoms with van der Waals surface area (Å²) in [6.45, 7) is 14.8. The summed E-state index contributed by atoms with van der Waals surface area (Å²) in [7, 11) is 0. The Morgan fingerprint density at radius 1 is 0.618 bits per heavy atom. The number of carbonyl (C=O) groups is 2. The summed E-state index contributed by atoms with van der Waals surface area (Å²) in [5.41, 5.74) is -1.87. The van der Waals surface area contributed by atoms with Crippen LogP contribution in [0, 0.1) is 0 Å². The standard InChI is InChI=1S/C26H38N2O6/c1-23(2)13-19(14-24(3,4)27(23)31)33-21(29)17-9-11-18(12-10-17)22(30)34-20-15-25(5,6)28(32)26(7,8)16-20/h9-12,19-20H,13-16H2,1-8H3. The summed E-state index contributed by atoms with van der Waals surface area (Å²) < 4.78 is 11.4. The van der Waals surface area contributed by atoms with E-state index in [0.717, 1.165) is 10.1 Å². The van der Waals surface area contributed by atoms with E-state index in [-0.39, 0.29) is 12.2 Å². The highest BCUT2D eigenvalue weighted by molar-refractivity contribution is 5.93. The molecule has 0 atom stereocenters. The lowest BCUT2D eigenvalue weighted by Crippen LogP contribution is -2.60. The van der Waals surface area contributed by atoms with E-state index >= 15 is 0 Å². The zero-order valence-electron chi connectivity index (χ0n) is 21.6. The first-order chi connectivity index (χ1) is 15.4.